The molecule has 98 valence electrons. The molecule has 1 rings (SSSR count). The molecule has 0 unspecified atom stereocenters. The third kappa shape index (κ3) is 4.28. The summed E-state index contributed by atoms with van der Waals surface area (Å²) in [5.41, 5.74) is 5.70. The number of hydrogen-bond donors (Lipinski definition) is 2. The maximum absolute atomic E-state index is 11.9. The zero-order chi connectivity index (χ0) is 13.5. The highest BCUT2D eigenvalue weighted by Crippen LogP contribution is 2.17. The van der Waals surface area contributed by atoms with E-state index in [-0.39, 0.29) is 5.75 Å². The summed E-state index contributed by atoms with van der Waals surface area (Å²) in [5, 5.41) is 0. The van der Waals surface area contributed by atoms with Gasteiger partial charge in [-0.1, -0.05) is 6.58 Å². The Balaban J connectivity index is 2.56. The summed E-state index contributed by atoms with van der Waals surface area (Å²) in [6.07, 6.45) is -0.672. The minimum absolute atomic E-state index is 0.0440. The first-order valence-electron chi connectivity index (χ1n) is 4.87. The number of alkyl halides is 2. The van der Waals surface area contributed by atoms with Crippen LogP contribution in [0.25, 0.3) is 5.70 Å². The van der Waals surface area contributed by atoms with Crippen LogP contribution < -0.4 is 15.6 Å². The molecule has 0 aliphatic heterocycles. The van der Waals surface area contributed by atoms with Gasteiger partial charge < -0.3 is 9.47 Å². The molecule has 0 spiro atoms. The van der Waals surface area contributed by atoms with E-state index < -0.39 is 12.7 Å². The summed E-state index contributed by atoms with van der Waals surface area (Å²) in [4.78, 5) is 10.8. The normalized spacial score (nSPS) is 9.78. The number of benzene rings is 1. The number of rotatable bonds is 5. The van der Waals surface area contributed by atoms with Crippen molar-refractivity contribution in [2.45, 2.75) is 6.61 Å². The van der Waals surface area contributed by atoms with E-state index in [2.05, 4.69) is 26.9 Å². The highest BCUT2D eigenvalue weighted by atomic mass is 19.3. The zero-order valence-corrected chi connectivity index (χ0v) is 9.57. The summed E-state index contributed by atoms with van der Waals surface area (Å²) in [5.74, 6) is 0.0440. The number of methoxy groups -OCH3 is 1. The molecule has 5 nitrogen and oxygen atoms in total. The van der Waals surface area contributed by atoms with Crippen molar-refractivity contribution in [1.82, 2.24) is 10.9 Å². The van der Waals surface area contributed by atoms with E-state index in [1.54, 1.807) is 0 Å². The smallest absolute Gasteiger partial charge is 0.425 e. The van der Waals surface area contributed by atoms with Gasteiger partial charge >= 0.3 is 12.7 Å². The Kier molecular flexibility index (Phi) is 4.91. The fraction of sp³-hybridized carbons (Fsp3) is 0.182. The summed E-state index contributed by atoms with van der Waals surface area (Å²) < 4.78 is 32.4. The van der Waals surface area contributed by atoms with Crippen LogP contribution in [0.1, 0.15) is 5.56 Å². The van der Waals surface area contributed by atoms with Crippen LogP contribution in [0.4, 0.5) is 13.6 Å². The third-order valence-corrected chi connectivity index (χ3v) is 1.93. The molecule has 0 saturated carbocycles. The second-order valence-corrected chi connectivity index (χ2v) is 3.12. The number of nitrogens with one attached hydrogen (secondary N) is 2. The lowest BCUT2D eigenvalue weighted by molar-refractivity contribution is -0.0498. The highest BCUT2D eigenvalue weighted by Gasteiger charge is 2.05. The highest BCUT2D eigenvalue weighted by molar-refractivity contribution is 5.70. The average molecular weight is 258 g/mol. The van der Waals surface area contributed by atoms with Crippen LogP contribution in [0.5, 0.6) is 5.75 Å². The first kappa shape index (κ1) is 13.8. The topological polar surface area (TPSA) is 59.6 Å². The SMILES string of the molecule is C=C(NNC(=O)OC)c1ccc(OC(F)F)cc1. The maximum Gasteiger partial charge on any atom is 0.425 e. The van der Waals surface area contributed by atoms with Crippen molar-refractivity contribution >= 4 is 11.8 Å². The summed E-state index contributed by atoms with van der Waals surface area (Å²) in [6, 6.07) is 5.77. The number of hydrazine groups is 1. The van der Waals surface area contributed by atoms with Gasteiger partial charge in [0.05, 0.1) is 12.8 Å². The van der Waals surface area contributed by atoms with Gasteiger partial charge in [-0.05, 0) is 29.8 Å². The molecule has 0 fully saturated rings. The first-order valence-corrected chi connectivity index (χ1v) is 4.87. The van der Waals surface area contributed by atoms with Crippen LogP contribution in [0, 0.1) is 0 Å². The van der Waals surface area contributed by atoms with Crippen molar-refractivity contribution in [3.63, 3.8) is 0 Å². The first-order chi connectivity index (χ1) is 8.52. The number of amides is 1. The van der Waals surface area contributed by atoms with Gasteiger partial charge in [0, 0.05) is 0 Å². The standard InChI is InChI=1S/C11H12F2N2O3/c1-7(14-15-11(16)17-2)8-3-5-9(6-4-8)18-10(12)13/h3-6,10,14H,1H2,2H3,(H,15,16). The molecule has 0 aliphatic rings. The molecule has 2 N–H and O–H groups in total. The van der Waals surface area contributed by atoms with Gasteiger partial charge in [0.15, 0.2) is 0 Å². The summed E-state index contributed by atoms with van der Waals surface area (Å²) >= 11 is 0. The van der Waals surface area contributed by atoms with E-state index in [1.807, 2.05) is 0 Å². The monoisotopic (exact) mass is 258 g/mol. The maximum atomic E-state index is 11.9. The molecule has 0 atom stereocenters. The van der Waals surface area contributed by atoms with Crippen LogP contribution >= 0.6 is 0 Å². The molecule has 1 amide bonds. The molecular formula is C11H12F2N2O3. The van der Waals surface area contributed by atoms with E-state index in [4.69, 9.17) is 0 Å². The Bertz CT molecular complexity index is 421. The van der Waals surface area contributed by atoms with Crippen LogP contribution in [0.3, 0.4) is 0 Å². The minimum Gasteiger partial charge on any atom is -0.452 e. The van der Waals surface area contributed by atoms with Crippen molar-refractivity contribution in [3.05, 3.63) is 36.4 Å². The van der Waals surface area contributed by atoms with E-state index >= 15 is 0 Å². The fourth-order valence-corrected chi connectivity index (χ4v) is 1.09. The van der Waals surface area contributed by atoms with Crippen molar-refractivity contribution in [2.75, 3.05) is 7.11 Å². The molecule has 0 heterocycles. The van der Waals surface area contributed by atoms with Crippen molar-refractivity contribution in [2.24, 2.45) is 0 Å². The summed E-state index contributed by atoms with van der Waals surface area (Å²) in [6.45, 7) is 0.789. The van der Waals surface area contributed by atoms with Gasteiger partial charge in [-0.2, -0.15) is 8.78 Å². The van der Waals surface area contributed by atoms with Crippen LogP contribution in [0.2, 0.25) is 0 Å². The van der Waals surface area contributed by atoms with Crippen LogP contribution in [-0.4, -0.2) is 19.8 Å². The predicted octanol–water partition coefficient (Wildman–Crippen LogP) is 2.12. The number of carbonyl (C=O) groups is 1. The van der Waals surface area contributed by atoms with Gasteiger partial charge in [-0.15, -0.1) is 0 Å². The number of halogens is 2. The Morgan fingerprint density at radius 1 is 1.28 bits per heavy atom. The zero-order valence-electron chi connectivity index (χ0n) is 9.57. The van der Waals surface area contributed by atoms with E-state index in [1.165, 1.54) is 31.4 Å². The second-order valence-electron chi connectivity index (χ2n) is 3.12. The van der Waals surface area contributed by atoms with Gasteiger partial charge in [-0.25, -0.2) is 10.2 Å². The molecule has 1 aromatic carbocycles. The number of hydrogen-bond acceptors (Lipinski definition) is 4. The quantitative estimate of drug-likeness (QED) is 0.794. The lowest BCUT2D eigenvalue weighted by atomic mass is 10.2. The average Bonchev–Trinajstić information content (AvgIpc) is 2.35. The second kappa shape index (κ2) is 6.43. The molecule has 0 aliphatic carbocycles. The molecule has 0 radical (unpaired) electrons. The van der Waals surface area contributed by atoms with E-state index in [0.29, 0.717) is 11.3 Å². The van der Waals surface area contributed by atoms with Crippen molar-refractivity contribution in [3.8, 4) is 5.75 Å². The van der Waals surface area contributed by atoms with Crippen molar-refractivity contribution < 1.29 is 23.0 Å². The Labute approximate surface area is 102 Å². The lowest BCUT2D eigenvalue weighted by Gasteiger charge is -2.11. The molecule has 0 aromatic heterocycles. The molecule has 0 bridgehead atoms. The number of carbonyl (C=O) groups excluding carboxylic acids is 1. The van der Waals surface area contributed by atoms with Crippen molar-refractivity contribution in [1.29, 1.82) is 0 Å². The minimum atomic E-state index is -2.86. The lowest BCUT2D eigenvalue weighted by Crippen LogP contribution is -2.35. The largest absolute Gasteiger partial charge is 0.452 e. The van der Waals surface area contributed by atoms with Crippen LogP contribution in [-0.2, 0) is 4.74 Å². The van der Waals surface area contributed by atoms with Gasteiger partial charge in [0.1, 0.15) is 5.75 Å². The molecule has 18 heavy (non-hydrogen) atoms. The molecular weight excluding hydrogens is 246 g/mol. The van der Waals surface area contributed by atoms with Gasteiger partial charge in [-0.3, -0.25) is 5.43 Å². The Morgan fingerprint density at radius 3 is 2.39 bits per heavy atom. The predicted molar refractivity (Wildman–Crippen MR) is 60.8 cm³/mol. The van der Waals surface area contributed by atoms with Crippen LogP contribution in [0.15, 0.2) is 30.8 Å². The Morgan fingerprint density at radius 2 is 1.89 bits per heavy atom. The van der Waals surface area contributed by atoms with Gasteiger partial charge in [0.2, 0.25) is 0 Å². The number of ether oxygens (including phenoxy) is 2. The summed E-state index contributed by atoms with van der Waals surface area (Å²) in [7, 11) is 1.22. The molecule has 0 saturated heterocycles. The van der Waals surface area contributed by atoms with E-state index in [9.17, 15) is 13.6 Å². The molecule has 1 aromatic rings. The van der Waals surface area contributed by atoms with Gasteiger partial charge in [0.25, 0.3) is 0 Å². The molecule has 7 heteroatoms. The fourth-order valence-electron chi connectivity index (χ4n) is 1.09. The third-order valence-electron chi connectivity index (χ3n) is 1.93. The Hall–Kier alpha value is -2.31. The van der Waals surface area contributed by atoms with E-state index in [0.717, 1.165) is 0 Å².